The number of thiocarbonyl (C=S) groups is 1. The summed E-state index contributed by atoms with van der Waals surface area (Å²) < 4.78 is 5.21. The van der Waals surface area contributed by atoms with E-state index in [-0.39, 0.29) is 19.3 Å². The third kappa shape index (κ3) is 12.9. The van der Waals surface area contributed by atoms with Gasteiger partial charge in [-0.05, 0) is 25.1 Å². The average Bonchev–Trinajstić information content (AvgIpc) is 2.29. The van der Waals surface area contributed by atoms with E-state index in [9.17, 15) is 9.59 Å². The molecule has 104 valence electrons. The number of ether oxygens (including phenoxy) is 1. The van der Waals surface area contributed by atoms with Crippen molar-refractivity contribution in [3.8, 4) is 0 Å². The summed E-state index contributed by atoms with van der Waals surface area (Å²) in [4.78, 5) is 20.5. The Kier molecular flexibility index (Phi) is 10.2. The van der Waals surface area contributed by atoms with Gasteiger partial charge in [-0.3, -0.25) is 9.59 Å². The van der Waals surface area contributed by atoms with Gasteiger partial charge in [-0.25, -0.2) is 0 Å². The van der Waals surface area contributed by atoms with Crippen LogP contribution in [-0.2, 0) is 14.3 Å². The molecule has 18 heavy (non-hydrogen) atoms. The second-order valence-corrected chi connectivity index (χ2v) is 4.48. The van der Waals surface area contributed by atoms with E-state index in [1.54, 1.807) is 0 Å². The van der Waals surface area contributed by atoms with Gasteiger partial charge in [-0.15, -0.1) is 0 Å². The van der Waals surface area contributed by atoms with Crippen molar-refractivity contribution in [1.29, 1.82) is 0 Å². The van der Waals surface area contributed by atoms with Gasteiger partial charge in [0, 0.05) is 12.8 Å². The lowest BCUT2D eigenvalue weighted by molar-refractivity contribution is -0.138. The summed E-state index contributed by atoms with van der Waals surface area (Å²) in [6.45, 7) is 0.511. The zero-order valence-electron chi connectivity index (χ0n) is 10.4. The lowest BCUT2D eigenvalue weighted by Crippen LogP contribution is -2.06. The molecule has 0 heterocycles. The summed E-state index contributed by atoms with van der Waals surface area (Å²) in [5.74, 6) is -1.62. The Bertz CT molecular complexity index is 278. The minimum atomic E-state index is -0.876. The number of hydrogen-bond acceptors (Lipinski definition) is 4. The van der Waals surface area contributed by atoms with Crippen molar-refractivity contribution >= 4 is 29.2 Å². The number of carboxylic acids is 2. The highest BCUT2D eigenvalue weighted by atomic mass is 32.1. The van der Waals surface area contributed by atoms with E-state index in [4.69, 9.17) is 27.2 Å². The van der Waals surface area contributed by atoms with Gasteiger partial charge in [-0.2, -0.15) is 0 Å². The molecule has 0 saturated carbocycles. The fourth-order valence-corrected chi connectivity index (χ4v) is 1.56. The summed E-state index contributed by atoms with van der Waals surface area (Å²) >= 11 is 4.87. The molecular weight excluding hydrogens is 256 g/mol. The first-order valence-corrected chi connectivity index (χ1v) is 6.52. The lowest BCUT2D eigenvalue weighted by Gasteiger charge is -2.06. The van der Waals surface area contributed by atoms with Crippen LogP contribution in [-0.4, -0.2) is 33.8 Å². The molecule has 0 aromatic heterocycles. The van der Waals surface area contributed by atoms with E-state index >= 15 is 0 Å². The monoisotopic (exact) mass is 276 g/mol. The van der Waals surface area contributed by atoms with Gasteiger partial charge in [0.25, 0.3) is 0 Å². The van der Waals surface area contributed by atoms with Gasteiger partial charge in [0.1, 0.15) is 0 Å². The molecule has 0 aliphatic heterocycles. The van der Waals surface area contributed by atoms with Gasteiger partial charge in [0.05, 0.1) is 13.0 Å². The molecule has 6 heteroatoms. The third-order valence-electron chi connectivity index (χ3n) is 2.34. The van der Waals surface area contributed by atoms with Gasteiger partial charge >= 0.3 is 11.9 Å². The Labute approximate surface area is 112 Å². The first-order chi connectivity index (χ1) is 8.52. The maximum atomic E-state index is 10.3. The highest BCUT2D eigenvalue weighted by molar-refractivity contribution is 7.80. The van der Waals surface area contributed by atoms with Crippen molar-refractivity contribution in [2.75, 3.05) is 6.61 Å². The maximum absolute atomic E-state index is 10.3. The minimum Gasteiger partial charge on any atom is -0.487 e. The average molecular weight is 276 g/mol. The van der Waals surface area contributed by atoms with Crippen LogP contribution in [0.15, 0.2) is 0 Å². The molecule has 0 bridgehead atoms. The number of hydrogen-bond donors (Lipinski definition) is 2. The van der Waals surface area contributed by atoms with E-state index in [1.807, 2.05) is 0 Å². The Morgan fingerprint density at radius 1 is 0.833 bits per heavy atom. The van der Waals surface area contributed by atoms with E-state index < -0.39 is 11.9 Å². The summed E-state index contributed by atoms with van der Waals surface area (Å²) in [6, 6.07) is 0. The first kappa shape index (κ1) is 16.8. The Balaban J connectivity index is 3.22. The summed E-state index contributed by atoms with van der Waals surface area (Å²) in [6.07, 6.45) is 4.97. The van der Waals surface area contributed by atoms with Crippen LogP contribution in [0.1, 0.15) is 51.4 Å². The maximum Gasteiger partial charge on any atom is 0.303 e. The van der Waals surface area contributed by atoms with Gasteiger partial charge < -0.3 is 14.9 Å². The quantitative estimate of drug-likeness (QED) is 0.446. The Morgan fingerprint density at radius 2 is 1.39 bits per heavy atom. The summed E-state index contributed by atoms with van der Waals surface area (Å²) in [5, 5.41) is 17.2. The van der Waals surface area contributed by atoms with Crippen molar-refractivity contribution in [3.63, 3.8) is 0 Å². The largest absolute Gasteiger partial charge is 0.487 e. The van der Waals surface area contributed by atoms with Crippen molar-refractivity contribution < 1.29 is 24.5 Å². The normalized spacial score (nSPS) is 10.0. The van der Waals surface area contributed by atoms with Crippen LogP contribution in [0, 0.1) is 0 Å². The van der Waals surface area contributed by atoms with E-state index in [1.165, 1.54) is 0 Å². The number of carboxylic acid groups (broad SMARTS) is 2. The molecule has 2 N–H and O–H groups in total. The first-order valence-electron chi connectivity index (χ1n) is 6.11. The van der Waals surface area contributed by atoms with Crippen LogP contribution < -0.4 is 0 Å². The lowest BCUT2D eigenvalue weighted by atomic mass is 10.1. The van der Waals surface area contributed by atoms with Crippen LogP contribution in [0.3, 0.4) is 0 Å². The Morgan fingerprint density at radius 3 is 2.00 bits per heavy atom. The van der Waals surface area contributed by atoms with Crippen LogP contribution in [0.2, 0.25) is 0 Å². The number of aliphatic carboxylic acids is 2. The van der Waals surface area contributed by atoms with Crippen LogP contribution in [0.25, 0.3) is 0 Å². The second-order valence-electron chi connectivity index (χ2n) is 4.03. The molecule has 0 radical (unpaired) electrons. The minimum absolute atomic E-state index is 0.00796. The molecule has 0 atom stereocenters. The standard InChI is InChI=1S/C12H20O5S/c13-10(14)6-4-2-1-3-5-9-17-12(18)8-7-11(15)16/h1-9H2,(H,13,14)(H,15,16). The zero-order chi connectivity index (χ0) is 13.8. The number of carbonyl (C=O) groups is 2. The van der Waals surface area contributed by atoms with Crippen molar-refractivity contribution in [2.24, 2.45) is 0 Å². The molecule has 0 aromatic carbocycles. The molecular formula is C12H20O5S. The molecule has 0 rings (SSSR count). The number of unbranched alkanes of at least 4 members (excludes halogenated alkanes) is 4. The van der Waals surface area contributed by atoms with E-state index in [0.29, 0.717) is 18.1 Å². The van der Waals surface area contributed by atoms with Gasteiger partial charge in [0.2, 0.25) is 0 Å². The number of rotatable bonds is 11. The Hall–Kier alpha value is -1.17. The molecule has 0 spiro atoms. The third-order valence-corrected chi connectivity index (χ3v) is 2.66. The van der Waals surface area contributed by atoms with Crippen molar-refractivity contribution in [1.82, 2.24) is 0 Å². The topological polar surface area (TPSA) is 83.8 Å². The fourth-order valence-electron chi connectivity index (χ4n) is 1.38. The predicted octanol–water partition coefficient (Wildman–Crippen LogP) is 2.62. The van der Waals surface area contributed by atoms with Gasteiger partial charge in [-0.1, -0.05) is 19.3 Å². The van der Waals surface area contributed by atoms with Crippen LogP contribution in [0.5, 0.6) is 0 Å². The molecule has 5 nitrogen and oxygen atoms in total. The molecule has 0 aromatic rings. The van der Waals surface area contributed by atoms with Crippen molar-refractivity contribution in [3.05, 3.63) is 0 Å². The molecule has 0 aliphatic carbocycles. The predicted molar refractivity (Wildman–Crippen MR) is 70.8 cm³/mol. The second kappa shape index (κ2) is 11.0. The highest BCUT2D eigenvalue weighted by Crippen LogP contribution is 2.06. The van der Waals surface area contributed by atoms with Crippen molar-refractivity contribution in [2.45, 2.75) is 51.4 Å². The SMILES string of the molecule is O=C(O)CCCCCCCOC(=S)CCC(=O)O. The van der Waals surface area contributed by atoms with Crippen LogP contribution in [0.4, 0.5) is 0 Å². The summed E-state index contributed by atoms with van der Waals surface area (Å²) in [7, 11) is 0. The fraction of sp³-hybridized carbons (Fsp3) is 0.750. The van der Waals surface area contributed by atoms with Gasteiger partial charge in [0.15, 0.2) is 5.05 Å². The van der Waals surface area contributed by atoms with E-state index in [0.717, 1.165) is 25.7 Å². The molecule has 0 saturated heterocycles. The molecule has 0 fully saturated rings. The molecule has 0 unspecified atom stereocenters. The van der Waals surface area contributed by atoms with Crippen LogP contribution >= 0.6 is 12.2 Å². The van der Waals surface area contributed by atoms with E-state index in [2.05, 4.69) is 0 Å². The molecule has 0 amide bonds. The molecule has 0 aliphatic rings. The smallest absolute Gasteiger partial charge is 0.303 e. The summed E-state index contributed by atoms with van der Waals surface area (Å²) in [5.41, 5.74) is 0. The zero-order valence-corrected chi connectivity index (χ0v) is 11.2. The highest BCUT2D eigenvalue weighted by Gasteiger charge is 2.02.